The van der Waals surface area contributed by atoms with Crippen LogP contribution in [0.2, 0.25) is 0 Å². The molecule has 1 unspecified atom stereocenters. The molecule has 0 saturated carbocycles. The van der Waals surface area contributed by atoms with Gasteiger partial charge in [-0.25, -0.2) is 0 Å². The van der Waals surface area contributed by atoms with Crippen LogP contribution in [0.5, 0.6) is 11.5 Å². The maximum atomic E-state index is 10.9. The molecule has 0 radical (unpaired) electrons. The maximum absolute atomic E-state index is 10.9. The standard InChI is InChI=1S/C24H25NO2/c1-27-21-16-19-14-15-25-20(13-12-17-8-4-2-5-9-17)22(19)23(24(21)26)18-10-6-3-7-11-18/h2-11,16,20,25-26H,12-15H2,1H3. The van der Waals surface area contributed by atoms with E-state index in [1.54, 1.807) is 7.11 Å². The van der Waals surface area contributed by atoms with Crippen molar-refractivity contribution in [2.24, 2.45) is 0 Å². The van der Waals surface area contributed by atoms with E-state index in [-0.39, 0.29) is 11.8 Å². The Labute approximate surface area is 160 Å². The largest absolute Gasteiger partial charge is 0.504 e. The zero-order valence-electron chi connectivity index (χ0n) is 15.6. The number of aryl methyl sites for hydroxylation is 1. The van der Waals surface area contributed by atoms with Gasteiger partial charge in [0.2, 0.25) is 0 Å². The van der Waals surface area contributed by atoms with Crippen molar-refractivity contribution in [1.29, 1.82) is 0 Å². The van der Waals surface area contributed by atoms with Gasteiger partial charge in [0.25, 0.3) is 0 Å². The molecule has 0 amide bonds. The number of rotatable bonds is 5. The Bertz CT molecular complexity index is 907. The fraction of sp³-hybridized carbons (Fsp3) is 0.250. The van der Waals surface area contributed by atoms with Crippen molar-refractivity contribution in [3.63, 3.8) is 0 Å². The van der Waals surface area contributed by atoms with E-state index in [0.29, 0.717) is 5.75 Å². The number of benzene rings is 3. The Morgan fingerprint density at radius 1 is 1.04 bits per heavy atom. The van der Waals surface area contributed by atoms with Crippen molar-refractivity contribution in [3.05, 3.63) is 83.4 Å². The zero-order valence-corrected chi connectivity index (χ0v) is 15.6. The molecule has 3 heteroatoms. The molecule has 138 valence electrons. The van der Waals surface area contributed by atoms with Gasteiger partial charge < -0.3 is 15.2 Å². The van der Waals surface area contributed by atoms with Crippen LogP contribution in [0.15, 0.2) is 66.7 Å². The average Bonchev–Trinajstić information content (AvgIpc) is 2.73. The molecule has 0 saturated heterocycles. The Morgan fingerprint density at radius 2 is 1.74 bits per heavy atom. The normalized spacial score (nSPS) is 16.0. The second-order valence-corrected chi connectivity index (χ2v) is 7.02. The minimum atomic E-state index is 0.209. The van der Waals surface area contributed by atoms with Gasteiger partial charge in [-0.05, 0) is 54.1 Å². The molecule has 3 aromatic rings. The lowest BCUT2D eigenvalue weighted by atomic mass is 9.84. The van der Waals surface area contributed by atoms with Crippen molar-refractivity contribution < 1.29 is 9.84 Å². The number of phenolic OH excluding ortho intramolecular Hbond substituents is 1. The second-order valence-electron chi connectivity index (χ2n) is 7.02. The third-order valence-corrected chi connectivity index (χ3v) is 5.37. The maximum Gasteiger partial charge on any atom is 0.166 e. The summed E-state index contributed by atoms with van der Waals surface area (Å²) in [4.78, 5) is 0. The number of nitrogens with one attached hydrogen (secondary N) is 1. The van der Waals surface area contributed by atoms with Crippen molar-refractivity contribution in [1.82, 2.24) is 5.32 Å². The van der Waals surface area contributed by atoms with Crippen LogP contribution in [0.4, 0.5) is 0 Å². The van der Waals surface area contributed by atoms with Gasteiger partial charge in [-0.3, -0.25) is 0 Å². The smallest absolute Gasteiger partial charge is 0.166 e. The molecule has 4 rings (SSSR count). The van der Waals surface area contributed by atoms with Gasteiger partial charge in [0.05, 0.1) is 7.11 Å². The molecule has 1 atom stereocenters. The summed E-state index contributed by atoms with van der Waals surface area (Å²) in [5.41, 5.74) is 5.74. The Morgan fingerprint density at radius 3 is 2.44 bits per heavy atom. The summed E-state index contributed by atoms with van der Waals surface area (Å²) < 4.78 is 5.47. The molecule has 0 bridgehead atoms. The van der Waals surface area contributed by atoms with Crippen LogP contribution < -0.4 is 10.1 Å². The van der Waals surface area contributed by atoms with Crippen molar-refractivity contribution in [2.45, 2.75) is 25.3 Å². The van der Waals surface area contributed by atoms with Gasteiger partial charge >= 0.3 is 0 Å². The highest BCUT2D eigenvalue weighted by molar-refractivity contribution is 5.79. The fourth-order valence-electron chi connectivity index (χ4n) is 4.06. The SMILES string of the molecule is COc1cc2c(c(-c3ccccc3)c1O)C(CCc1ccccc1)NCC2. The summed E-state index contributed by atoms with van der Waals surface area (Å²) in [5.74, 6) is 0.784. The van der Waals surface area contributed by atoms with E-state index in [0.717, 1.165) is 36.9 Å². The van der Waals surface area contributed by atoms with Crippen LogP contribution >= 0.6 is 0 Å². The molecule has 1 aliphatic heterocycles. The minimum absolute atomic E-state index is 0.209. The van der Waals surface area contributed by atoms with E-state index in [4.69, 9.17) is 4.74 Å². The number of hydrogen-bond donors (Lipinski definition) is 2. The molecule has 2 N–H and O–H groups in total. The predicted molar refractivity (Wildman–Crippen MR) is 109 cm³/mol. The zero-order chi connectivity index (χ0) is 18.6. The second kappa shape index (κ2) is 7.85. The van der Waals surface area contributed by atoms with Gasteiger partial charge in [0.1, 0.15) is 0 Å². The number of phenols is 1. The first kappa shape index (κ1) is 17.6. The highest BCUT2D eigenvalue weighted by Crippen LogP contribution is 2.46. The van der Waals surface area contributed by atoms with Crippen LogP contribution in [-0.2, 0) is 12.8 Å². The Hall–Kier alpha value is -2.78. The summed E-state index contributed by atoms with van der Waals surface area (Å²) in [5, 5.41) is 14.6. The summed E-state index contributed by atoms with van der Waals surface area (Å²) >= 11 is 0. The molecule has 0 fully saturated rings. The summed E-state index contributed by atoms with van der Waals surface area (Å²) in [6, 6.07) is 22.9. The molecule has 0 aliphatic carbocycles. The topological polar surface area (TPSA) is 41.5 Å². The van der Waals surface area contributed by atoms with Gasteiger partial charge in [0, 0.05) is 11.6 Å². The average molecular weight is 359 g/mol. The van der Waals surface area contributed by atoms with E-state index in [2.05, 4.69) is 47.8 Å². The lowest BCUT2D eigenvalue weighted by Crippen LogP contribution is -2.31. The summed E-state index contributed by atoms with van der Waals surface area (Å²) in [6.07, 6.45) is 2.93. The van der Waals surface area contributed by atoms with Crippen LogP contribution in [0.3, 0.4) is 0 Å². The molecule has 0 spiro atoms. The molecule has 27 heavy (non-hydrogen) atoms. The third-order valence-electron chi connectivity index (χ3n) is 5.37. The number of hydrogen-bond acceptors (Lipinski definition) is 3. The van der Waals surface area contributed by atoms with E-state index in [1.807, 2.05) is 24.3 Å². The van der Waals surface area contributed by atoms with Crippen LogP contribution in [0.25, 0.3) is 11.1 Å². The number of aromatic hydroxyl groups is 1. The monoisotopic (exact) mass is 359 g/mol. The molecule has 3 aromatic carbocycles. The number of fused-ring (bicyclic) bond motifs is 1. The van der Waals surface area contributed by atoms with Gasteiger partial charge in [-0.2, -0.15) is 0 Å². The Balaban J connectivity index is 1.77. The molecule has 3 nitrogen and oxygen atoms in total. The molecule has 0 aromatic heterocycles. The number of methoxy groups -OCH3 is 1. The predicted octanol–water partition coefficient (Wildman–Crippen LogP) is 4.89. The van der Waals surface area contributed by atoms with E-state index in [9.17, 15) is 5.11 Å². The first-order valence-corrected chi connectivity index (χ1v) is 9.53. The lowest BCUT2D eigenvalue weighted by Gasteiger charge is -2.31. The highest BCUT2D eigenvalue weighted by atomic mass is 16.5. The van der Waals surface area contributed by atoms with Crippen molar-refractivity contribution in [2.75, 3.05) is 13.7 Å². The van der Waals surface area contributed by atoms with Crippen LogP contribution in [-0.4, -0.2) is 18.8 Å². The van der Waals surface area contributed by atoms with Gasteiger partial charge in [-0.1, -0.05) is 60.7 Å². The minimum Gasteiger partial charge on any atom is -0.504 e. The number of ether oxygens (including phenoxy) is 1. The molecule has 1 aliphatic rings. The van der Waals surface area contributed by atoms with Crippen LogP contribution in [0, 0.1) is 0 Å². The van der Waals surface area contributed by atoms with Gasteiger partial charge in [-0.15, -0.1) is 0 Å². The molecular weight excluding hydrogens is 334 g/mol. The van der Waals surface area contributed by atoms with E-state index >= 15 is 0 Å². The van der Waals surface area contributed by atoms with Gasteiger partial charge in [0.15, 0.2) is 11.5 Å². The van der Waals surface area contributed by atoms with Crippen molar-refractivity contribution in [3.8, 4) is 22.6 Å². The fourth-order valence-corrected chi connectivity index (χ4v) is 4.06. The quantitative estimate of drug-likeness (QED) is 0.682. The van der Waals surface area contributed by atoms with E-state index < -0.39 is 0 Å². The first-order chi connectivity index (χ1) is 13.3. The first-order valence-electron chi connectivity index (χ1n) is 9.53. The highest BCUT2D eigenvalue weighted by Gasteiger charge is 2.27. The molecular formula is C24H25NO2. The lowest BCUT2D eigenvalue weighted by molar-refractivity contribution is 0.371. The van der Waals surface area contributed by atoms with Crippen LogP contribution in [0.1, 0.15) is 29.2 Å². The summed E-state index contributed by atoms with van der Waals surface area (Å²) in [7, 11) is 1.62. The third kappa shape index (κ3) is 3.56. The van der Waals surface area contributed by atoms with Crippen molar-refractivity contribution >= 4 is 0 Å². The molecule has 1 heterocycles. The Kier molecular flexibility index (Phi) is 5.12. The summed E-state index contributed by atoms with van der Waals surface area (Å²) in [6.45, 7) is 0.939. The van der Waals surface area contributed by atoms with E-state index in [1.165, 1.54) is 16.7 Å².